The van der Waals surface area contributed by atoms with E-state index in [1.165, 1.54) is 4.90 Å². The molecule has 1 amide bonds. The zero-order chi connectivity index (χ0) is 14.5. The number of nitrogens with one attached hydrogen (secondary N) is 1. The van der Waals surface area contributed by atoms with Crippen molar-refractivity contribution in [3.05, 3.63) is 29.8 Å². The van der Waals surface area contributed by atoms with Gasteiger partial charge in [-0.05, 0) is 18.2 Å². The quantitative estimate of drug-likeness (QED) is 0.906. The molecule has 102 valence electrons. The van der Waals surface area contributed by atoms with Gasteiger partial charge in [0, 0.05) is 12.7 Å². The molecule has 1 aromatic rings. The second-order valence-corrected chi connectivity index (χ2v) is 3.91. The standard InChI is InChI=1S/C12H12F3N3O/c1-18(7-11(19)17-8-12(13,14)15)10-4-2-3-9(5-10)6-16/h2-5H,7-8H2,1H3,(H,17,19). The number of benzene rings is 1. The molecule has 0 aliphatic carbocycles. The molecule has 0 atom stereocenters. The molecule has 0 bridgehead atoms. The van der Waals surface area contributed by atoms with E-state index in [0.29, 0.717) is 11.3 Å². The zero-order valence-electron chi connectivity index (χ0n) is 10.2. The van der Waals surface area contributed by atoms with Crippen molar-refractivity contribution in [1.29, 1.82) is 5.26 Å². The molecule has 0 aliphatic rings. The fraction of sp³-hybridized carbons (Fsp3) is 0.333. The monoisotopic (exact) mass is 271 g/mol. The number of nitrogens with zero attached hydrogens (tertiary/aromatic N) is 2. The minimum absolute atomic E-state index is 0.217. The first-order valence-corrected chi connectivity index (χ1v) is 5.36. The van der Waals surface area contributed by atoms with Crippen LogP contribution in [0.2, 0.25) is 0 Å². The van der Waals surface area contributed by atoms with Gasteiger partial charge in [0.15, 0.2) is 0 Å². The highest BCUT2D eigenvalue weighted by Crippen LogP contribution is 2.14. The summed E-state index contributed by atoms with van der Waals surface area (Å²) in [6.07, 6.45) is -4.42. The summed E-state index contributed by atoms with van der Waals surface area (Å²) in [5.41, 5.74) is 1.00. The van der Waals surface area contributed by atoms with Gasteiger partial charge in [0.05, 0.1) is 18.2 Å². The van der Waals surface area contributed by atoms with Crippen molar-refractivity contribution >= 4 is 11.6 Å². The smallest absolute Gasteiger partial charge is 0.365 e. The summed E-state index contributed by atoms with van der Waals surface area (Å²) in [6, 6.07) is 8.40. The van der Waals surface area contributed by atoms with Crippen LogP contribution in [0.25, 0.3) is 0 Å². The third-order valence-corrected chi connectivity index (χ3v) is 2.28. The average Bonchev–Trinajstić information content (AvgIpc) is 2.35. The summed E-state index contributed by atoms with van der Waals surface area (Å²) in [5, 5.41) is 10.5. The normalized spacial score (nSPS) is 10.7. The molecule has 1 aromatic carbocycles. The molecule has 0 heterocycles. The Morgan fingerprint density at radius 3 is 2.74 bits per heavy atom. The molecule has 0 aliphatic heterocycles. The van der Waals surface area contributed by atoms with Crippen LogP contribution in [0, 0.1) is 11.3 Å². The fourth-order valence-electron chi connectivity index (χ4n) is 1.37. The average molecular weight is 271 g/mol. The van der Waals surface area contributed by atoms with Gasteiger partial charge in [0.2, 0.25) is 5.91 Å². The molecule has 19 heavy (non-hydrogen) atoms. The van der Waals surface area contributed by atoms with Crippen molar-refractivity contribution in [2.75, 3.05) is 25.0 Å². The number of hydrogen-bond donors (Lipinski definition) is 1. The largest absolute Gasteiger partial charge is 0.405 e. The lowest BCUT2D eigenvalue weighted by Crippen LogP contribution is -2.39. The Morgan fingerprint density at radius 2 is 2.16 bits per heavy atom. The number of carbonyl (C=O) groups excluding carboxylic acids is 1. The summed E-state index contributed by atoms with van der Waals surface area (Å²) in [6.45, 7) is -1.57. The lowest BCUT2D eigenvalue weighted by Gasteiger charge is -2.19. The number of likely N-dealkylation sites (N-methyl/N-ethyl adjacent to an activating group) is 1. The molecule has 0 spiro atoms. The maximum absolute atomic E-state index is 11.9. The van der Waals surface area contributed by atoms with Gasteiger partial charge in [0.25, 0.3) is 0 Å². The molecule has 0 aromatic heterocycles. The summed E-state index contributed by atoms with van der Waals surface area (Å²) in [5.74, 6) is -0.734. The van der Waals surface area contributed by atoms with Crippen LogP contribution < -0.4 is 10.2 Å². The molecule has 4 nitrogen and oxygen atoms in total. The lowest BCUT2D eigenvalue weighted by molar-refractivity contribution is -0.137. The van der Waals surface area contributed by atoms with Crippen molar-refractivity contribution in [3.8, 4) is 6.07 Å². The number of nitriles is 1. The van der Waals surface area contributed by atoms with Crippen LogP contribution in [0.3, 0.4) is 0 Å². The SMILES string of the molecule is CN(CC(=O)NCC(F)(F)F)c1cccc(C#N)c1. The van der Waals surface area contributed by atoms with Crippen LogP contribution in [0.5, 0.6) is 0 Å². The molecular formula is C12H12F3N3O. The molecule has 0 radical (unpaired) electrons. The minimum atomic E-state index is -4.42. The highest BCUT2D eigenvalue weighted by molar-refractivity contribution is 5.81. The highest BCUT2D eigenvalue weighted by Gasteiger charge is 2.27. The van der Waals surface area contributed by atoms with Crippen LogP contribution in [-0.2, 0) is 4.79 Å². The number of hydrogen-bond acceptors (Lipinski definition) is 3. The van der Waals surface area contributed by atoms with Crippen LogP contribution in [0.4, 0.5) is 18.9 Å². The Balaban J connectivity index is 2.57. The van der Waals surface area contributed by atoms with E-state index >= 15 is 0 Å². The predicted molar refractivity (Wildman–Crippen MR) is 63.5 cm³/mol. The summed E-state index contributed by atoms with van der Waals surface area (Å²) < 4.78 is 35.7. The topological polar surface area (TPSA) is 56.1 Å². The fourth-order valence-corrected chi connectivity index (χ4v) is 1.37. The van der Waals surface area contributed by atoms with Crippen molar-refractivity contribution in [2.24, 2.45) is 0 Å². The molecule has 1 N–H and O–H groups in total. The van der Waals surface area contributed by atoms with Gasteiger partial charge < -0.3 is 10.2 Å². The molecule has 1 rings (SSSR count). The van der Waals surface area contributed by atoms with E-state index in [2.05, 4.69) is 0 Å². The van der Waals surface area contributed by atoms with E-state index in [1.54, 1.807) is 36.6 Å². The number of anilines is 1. The Hall–Kier alpha value is -2.23. The van der Waals surface area contributed by atoms with E-state index in [0.717, 1.165) is 0 Å². The van der Waals surface area contributed by atoms with Crippen molar-refractivity contribution in [3.63, 3.8) is 0 Å². The highest BCUT2D eigenvalue weighted by atomic mass is 19.4. The molecule has 0 saturated heterocycles. The second-order valence-electron chi connectivity index (χ2n) is 3.91. The van der Waals surface area contributed by atoms with Crippen molar-refractivity contribution in [1.82, 2.24) is 5.32 Å². The maximum Gasteiger partial charge on any atom is 0.405 e. The summed E-state index contributed by atoms with van der Waals surface area (Å²) >= 11 is 0. The first-order chi connectivity index (χ1) is 8.81. The van der Waals surface area contributed by atoms with Gasteiger partial charge in [-0.3, -0.25) is 4.79 Å². The van der Waals surface area contributed by atoms with Gasteiger partial charge in [-0.15, -0.1) is 0 Å². The number of amides is 1. The van der Waals surface area contributed by atoms with Gasteiger partial charge in [-0.2, -0.15) is 18.4 Å². The Labute approximate surface area is 108 Å². The maximum atomic E-state index is 11.9. The number of rotatable bonds is 4. The van der Waals surface area contributed by atoms with Crippen LogP contribution in [-0.4, -0.2) is 32.2 Å². The second kappa shape index (κ2) is 6.09. The Kier molecular flexibility index (Phi) is 4.75. The zero-order valence-corrected chi connectivity index (χ0v) is 10.2. The van der Waals surface area contributed by atoms with Crippen molar-refractivity contribution in [2.45, 2.75) is 6.18 Å². The Morgan fingerprint density at radius 1 is 1.47 bits per heavy atom. The van der Waals surface area contributed by atoms with Crippen molar-refractivity contribution < 1.29 is 18.0 Å². The van der Waals surface area contributed by atoms with Gasteiger partial charge in [-0.1, -0.05) is 6.07 Å². The van der Waals surface area contributed by atoms with Crippen LogP contribution >= 0.6 is 0 Å². The molecule has 7 heteroatoms. The summed E-state index contributed by atoms with van der Waals surface area (Å²) in [4.78, 5) is 12.8. The number of alkyl halides is 3. The van der Waals surface area contributed by atoms with Crippen LogP contribution in [0.1, 0.15) is 5.56 Å². The van der Waals surface area contributed by atoms with Gasteiger partial charge in [0.1, 0.15) is 6.54 Å². The van der Waals surface area contributed by atoms with Crippen LogP contribution in [0.15, 0.2) is 24.3 Å². The lowest BCUT2D eigenvalue weighted by atomic mass is 10.2. The predicted octanol–water partition coefficient (Wildman–Crippen LogP) is 1.67. The number of halogens is 3. The van der Waals surface area contributed by atoms with E-state index in [-0.39, 0.29) is 6.54 Å². The van der Waals surface area contributed by atoms with E-state index in [1.807, 2.05) is 6.07 Å². The van der Waals surface area contributed by atoms with Gasteiger partial charge >= 0.3 is 6.18 Å². The van der Waals surface area contributed by atoms with E-state index in [9.17, 15) is 18.0 Å². The molecule has 0 fully saturated rings. The summed E-state index contributed by atoms with van der Waals surface area (Å²) in [7, 11) is 1.56. The first-order valence-electron chi connectivity index (χ1n) is 5.36. The number of carbonyl (C=O) groups is 1. The first kappa shape index (κ1) is 14.8. The third-order valence-electron chi connectivity index (χ3n) is 2.28. The minimum Gasteiger partial charge on any atom is -0.365 e. The molecule has 0 saturated carbocycles. The molecular weight excluding hydrogens is 259 g/mol. The molecule has 0 unspecified atom stereocenters. The third kappa shape index (κ3) is 5.29. The van der Waals surface area contributed by atoms with E-state index < -0.39 is 18.6 Å². The van der Waals surface area contributed by atoms with E-state index in [4.69, 9.17) is 5.26 Å². The Bertz CT molecular complexity index is 494. The van der Waals surface area contributed by atoms with Gasteiger partial charge in [-0.25, -0.2) is 0 Å².